The molecular weight excluding hydrogens is 404 g/mol. The van der Waals surface area contributed by atoms with E-state index in [4.69, 9.17) is 9.47 Å². The van der Waals surface area contributed by atoms with Crippen LogP contribution in [0.3, 0.4) is 0 Å². The number of piperidine rings is 1. The Morgan fingerprint density at radius 2 is 1.72 bits per heavy atom. The van der Waals surface area contributed by atoms with Gasteiger partial charge >= 0.3 is 0 Å². The Hall–Kier alpha value is -3.68. The standard InChI is InChI=1S/C24H26N6O2/c1-3-17-13-27-24(28-14-17)29-9-7-19(8-10-29)32-20-4-5-22(25-15-20)30-11-6-18-12-21(31-2)16-26-23(18)30/h4-6,11-16,19H,3,7-10H2,1-2H3. The highest BCUT2D eigenvalue weighted by molar-refractivity contribution is 5.79. The van der Waals surface area contributed by atoms with Gasteiger partial charge in [-0.3, -0.25) is 4.57 Å². The number of methoxy groups -OCH3 is 1. The third kappa shape index (κ3) is 4.08. The fourth-order valence-electron chi connectivity index (χ4n) is 3.94. The van der Waals surface area contributed by atoms with Crippen LogP contribution in [-0.2, 0) is 6.42 Å². The van der Waals surface area contributed by atoms with Crippen molar-refractivity contribution in [1.82, 2.24) is 24.5 Å². The van der Waals surface area contributed by atoms with E-state index in [1.165, 1.54) is 0 Å². The fourth-order valence-corrected chi connectivity index (χ4v) is 3.94. The number of ether oxygens (including phenoxy) is 2. The number of nitrogens with zero attached hydrogens (tertiary/aromatic N) is 6. The van der Waals surface area contributed by atoms with Crippen LogP contribution in [0.5, 0.6) is 11.5 Å². The van der Waals surface area contributed by atoms with E-state index in [2.05, 4.69) is 31.8 Å². The Labute approximate surface area is 186 Å². The molecule has 5 heterocycles. The van der Waals surface area contributed by atoms with E-state index < -0.39 is 0 Å². The van der Waals surface area contributed by atoms with Crippen molar-refractivity contribution in [3.05, 3.63) is 60.8 Å². The minimum atomic E-state index is 0.162. The van der Waals surface area contributed by atoms with E-state index in [1.807, 2.05) is 47.4 Å². The first kappa shape index (κ1) is 20.2. The number of rotatable bonds is 6. The van der Waals surface area contributed by atoms with Crippen LogP contribution in [0.1, 0.15) is 25.3 Å². The third-order valence-corrected chi connectivity index (χ3v) is 5.83. The largest absolute Gasteiger partial charge is 0.495 e. The second kappa shape index (κ2) is 8.82. The van der Waals surface area contributed by atoms with Crippen LogP contribution < -0.4 is 14.4 Å². The van der Waals surface area contributed by atoms with Gasteiger partial charge < -0.3 is 14.4 Å². The molecule has 0 unspecified atom stereocenters. The molecular formula is C24H26N6O2. The first-order chi connectivity index (χ1) is 15.7. The second-order valence-corrected chi connectivity index (χ2v) is 7.87. The van der Waals surface area contributed by atoms with Gasteiger partial charge in [-0.2, -0.15) is 0 Å². The molecule has 1 fully saturated rings. The van der Waals surface area contributed by atoms with Crippen molar-refractivity contribution < 1.29 is 9.47 Å². The van der Waals surface area contributed by atoms with Crippen molar-refractivity contribution in [3.8, 4) is 17.3 Å². The molecule has 0 aliphatic carbocycles. The summed E-state index contributed by atoms with van der Waals surface area (Å²) in [6.45, 7) is 3.87. The number of pyridine rings is 2. The average Bonchev–Trinajstić information content (AvgIpc) is 3.28. The molecule has 4 aromatic heterocycles. The van der Waals surface area contributed by atoms with Crippen LogP contribution in [0, 0.1) is 0 Å². The van der Waals surface area contributed by atoms with Gasteiger partial charge in [0.1, 0.15) is 29.1 Å². The maximum atomic E-state index is 6.19. The minimum Gasteiger partial charge on any atom is -0.495 e. The lowest BCUT2D eigenvalue weighted by Crippen LogP contribution is -2.39. The summed E-state index contributed by atoms with van der Waals surface area (Å²) >= 11 is 0. The fraction of sp³-hybridized carbons (Fsp3) is 0.333. The lowest BCUT2D eigenvalue weighted by atomic mass is 10.1. The summed E-state index contributed by atoms with van der Waals surface area (Å²) in [7, 11) is 1.64. The predicted octanol–water partition coefficient (Wildman–Crippen LogP) is 3.83. The van der Waals surface area contributed by atoms with Gasteiger partial charge in [0.15, 0.2) is 0 Å². The number of anilines is 1. The Bertz CT molecular complexity index is 1180. The third-order valence-electron chi connectivity index (χ3n) is 5.83. The van der Waals surface area contributed by atoms with Gasteiger partial charge in [0.25, 0.3) is 0 Å². The van der Waals surface area contributed by atoms with Gasteiger partial charge in [-0.25, -0.2) is 19.9 Å². The molecule has 0 bridgehead atoms. The summed E-state index contributed by atoms with van der Waals surface area (Å²) < 4.78 is 13.4. The van der Waals surface area contributed by atoms with Crippen molar-refractivity contribution in [3.63, 3.8) is 0 Å². The molecule has 0 N–H and O–H groups in total. The van der Waals surface area contributed by atoms with Gasteiger partial charge in [-0.15, -0.1) is 0 Å². The van der Waals surface area contributed by atoms with E-state index >= 15 is 0 Å². The highest BCUT2D eigenvalue weighted by Gasteiger charge is 2.22. The molecule has 1 aliphatic heterocycles. The highest BCUT2D eigenvalue weighted by Crippen LogP contribution is 2.24. The van der Waals surface area contributed by atoms with Crippen LogP contribution in [0.2, 0.25) is 0 Å². The second-order valence-electron chi connectivity index (χ2n) is 7.87. The smallest absolute Gasteiger partial charge is 0.225 e. The molecule has 0 atom stereocenters. The first-order valence-corrected chi connectivity index (χ1v) is 10.9. The quantitative estimate of drug-likeness (QED) is 0.460. The highest BCUT2D eigenvalue weighted by atomic mass is 16.5. The number of fused-ring (bicyclic) bond motifs is 1. The van der Waals surface area contributed by atoms with Crippen LogP contribution in [0.25, 0.3) is 16.9 Å². The maximum absolute atomic E-state index is 6.19. The average molecular weight is 431 g/mol. The molecule has 5 rings (SSSR count). The molecule has 0 spiro atoms. The molecule has 164 valence electrons. The van der Waals surface area contributed by atoms with E-state index in [0.29, 0.717) is 0 Å². The van der Waals surface area contributed by atoms with Crippen LogP contribution in [-0.4, -0.2) is 50.8 Å². The Morgan fingerprint density at radius 3 is 2.41 bits per heavy atom. The van der Waals surface area contributed by atoms with Crippen molar-refractivity contribution in [2.24, 2.45) is 0 Å². The summed E-state index contributed by atoms with van der Waals surface area (Å²) in [6, 6.07) is 7.89. The first-order valence-electron chi connectivity index (χ1n) is 10.9. The van der Waals surface area contributed by atoms with Crippen molar-refractivity contribution in [1.29, 1.82) is 0 Å². The summed E-state index contributed by atoms with van der Waals surface area (Å²) in [6.07, 6.45) is 12.3. The molecule has 4 aromatic rings. The number of hydrogen-bond donors (Lipinski definition) is 0. The van der Waals surface area contributed by atoms with Gasteiger partial charge in [-0.05, 0) is 36.2 Å². The van der Waals surface area contributed by atoms with Gasteiger partial charge in [0.05, 0.1) is 19.5 Å². The zero-order valence-corrected chi connectivity index (χ0v) is 18.3. The summed E-state index contributed by atoms with van der Waals surface area (Å²) in [5.41, 5.74) is 2.00. The van der Waals surface area contributed by atoms with Crippen molar-refractivity contribution in [2.75, 3.05) is 25.1 Å². The molecule has 0 aromatic carbocycles. The molecule has 0 saturated carbocycles. The van der Waals surface area contributed by atoms with Crippen LogP contribution in [0.4, 0.5) is 5.95 Å². The lowest BCUT2D eigenvalue weighted by Gasteiger charge is -2.32. The molecule has 8 heteroatoms. The zero-order chi connectivity index (χ0) is 21.9. The summed E-state index contributed by atoms with van der Waals surface area (Å²) in [4.78, 5) is 20.3. The van der Waals surface area contributed by atoms with E-state index in [9.17, 15) is 0 Å². The molecule has 1 aliphatic rings. The summed E-state index contributed by atoms with van der Waals surface area (Å²) in [5, 5.41) is 1.01. The molecule has 0 amide bonds. The zero-order valence-electron chi connectivity index (χ0n) is 18.3. The monoisotopic (exact) mass is 430 g/mol. The van der Waals surface area contributed by atoms with Gasteiger partial charge in [0, 0.05) is 49.9 Å². The van der Waals surface area contributed by atoms with E-state index in [-0.39, 0.29) is 6.10 Å². The Kier molecular flexibility index (Phi) is 5.58. The molecule has 8 nitrogen and oxygen atoms in total. The molecule has 1 saturated heterocycles. The lowest BCUT2D eigenvalue weighted by molar-refractivity contribution is 0.170. The molecule has 0 radical (unpaired) electrons. The number of aromatic nitrogens is 5. The Morgan fingerprint density at radius 1 is 0.938 bits per heavy atom. The topological polar surface area (TPSA) is 78.2 Å². The van der Waals surface area contributed by atoms with Gasteiger partial charge in [-0.1, -0.05) is 6.92 Å². The normalized spacial score (nSPS) is 14.6. The van der Waals surface area contributed by atoms with Gasteiger partial charge in [0.2, 0.25) is 5.95 Å². The number of hydrogen-bond acceptors (Lipinski definition) is 7. The predicted molar refractivity (Wildman–Crippen MR) is 123 cm³/mol. The van der Waals surface area contributed by atoms with E-state index in [1.54, 1.807) is 19.5 Å². The van der Waals surface area contributed by atoms with E-state index in [0.717, 1.165) is 72.2 Å². The SMILES string of the molecule is CCc1cnc(N2CCC(Oc3ccc(-n4ccc5cc(OC)cnc54)nc3)CC2)nc1. The Balaban J connectivity index is 1.21. The minimum absolute atomic E-state index is 0.162. The summed E-state index contributed by atoms with van der Waals surface area (Å²) in [5.74, 6) is 3.12. The van der Waals surface area contributed by atoms with Crippen LogP contribution >= 0.6 is 0 Å². The number of aryl methyl sites for hydroxylation is 1. The molecule has 32 heavy (non-hydrogen) atoms. The van der Waals surface area contributed by atoms with Crippen molar-refractivity contribution in [2.45, 2.75) is 32.3 Å². The van der Waals surface area contributed by atoms with Crippen LogP contribution in [0.15, 0.2) is 55.2 Å². The maximum Gasteiger partial charge on any atom is 0.225 e. The van der Waals surface area contributed by atoms with Crippen molar-refractivity contribution >= 4 is 17.0 Å².